The molecule has 1 aliphatic rings. The summed E-state index contributed by atoms with van der Waals surface area (Å²) < 4.78 is 0. The number of Topliss-reactive ketones (excluding diaryl/α,β-unsaturated/α-hetero) is 1. The topological polar surface area (TPSA) is 46.3 Å². The van der Waals surface area contributed by atoms with Gasteiger partial charge < -0.3 is 0 Å². The minimum atomic E-state index is -0.0852. The van der Waals surface area contributed by atoms with Gasteiger partial charge in [0, 0.05) is 17.0 Å². The van der Waals surface area contributed by atoms with Crippen molar-refractivity contribution in [1.29, 1.82) is 0 Å². The molecule has 0 bridgehead atoms. The number of hydrogen-bond donors (Lipinski definition) is 1. The molecule has 0 aliphatic carbocycles. The van der Waals surface area contributed by atoms with Gasteiger partial charge in [-0.25, -0.2) is 5.01 Å². The zero-order valence-electron chi connectivity index (χ0n) is 9.92. The normalized spacial score (nSPS) is 27.6. The van der Waals surface area contributed by atoms with Crippen LogP contribution in [0.1, 0.15) is 47.5 Å². The van der Waals surface area contributed by atoms with Crippen LogP contribution in [0.5, 0.6) is 0 Å². The summed E-state index contributed by atoms with van der Waals surface area (Å²) in [5.74, 6) is 6.53. The van der Waals surface area contributed by atoms with E-state index in [2.05, 4.69) is 27.7 Å². The van der Waals surface area contributed by atoms with E-state index in [0.29, 0.717) is 5.78 Å². The number of nitrogens with two attached hydrogens (primary N) is 1. The molecule has 0 radical (unpaired) electrons. The van der Waals surface area contributed by atoms with Crippen LogP contribution in [-0.2, 0) is 4.79 Å². The second-order valence-electron chi connectivity index (χ2n) is 5.71. The van der Waals surface area contributed by atoms with Crippen LogP contribution in [0.25, 0.3) is 0 Å². The van der Waals surface area contributed by atoms with Crippen molar-refractivity contribution >= 4 is 5.78 Å². The molecular formula is C11H22N2O. The lowest BCUT2D eigenvalue weighted by atomic mass is 9.74. The van der Waals surface area contributed by atoms with E-state index in [0.717, 1.165) is 12.8 Å². The van der Waals surface area contributed by atoms with Crippen molar-refractivity contribution in [3.63, 3.8) is 0 Å². The van der Waals surface area contributed by atoms with Crippen LogP contribution >= 0.6 is 0 Å². The number of hydrogen-bond acceptors (Lipinski definition) is 3. The van der Waals surface area contributed by atoms with Crippen molar-refractivity contribution in [2.45, 2.75) is 58.5 Å². The number of carbonyl (C=O) groups is 1. The molecule has 0 unspecified atom stereocenters. The molecule has 0 saturated carbocycles. The fraction of sp³-hybridized carbons (Fsp3) is 0.909. The summed E-state index contributed by atoms with van der Waals surface area (Å²) in [6.45, 7) is 10.1. The largest absolute Gasteiger partial charge is 0.300 e. The van der Waals surface area contributed by atoms with E-state index in [1.165, 1.54) is 0 Å². The summed E-state index contributed by atoms with van der Waals surface area (Å²) in [6, 6.07) is 0. The quantitative estimate of drug-likeness (QED) is 0.653. The molecule has 0 aromatic rings. The third kappa shape index (κ3) is 1.98. The van der Waals surface area contributed by atoms with Gasteiger partial charge in [0.25, 0.3) is 0 Å². The molecule has 1 rings (SSSR count). The summed E-state index contributed by atoms with van der Waals surface area (Å²) in [5, 5.41) is 1.90. The highest BCUT2D eigenvalue weighted by atomic mass is 16.1. The lowest BCUT2D eigenvalue weighted by Crippen LogP contribution is -2.64. The smallest absolute Gasteiger partial charge is 0.133 e. The molecule has 0 amide bonds. The van der Waals surface area contributed by atoms with Crippen LogP contribution in [0.4, 0.5) is 0 Å². The lowest BCUT2D eigenvalue weighted by Gasteiger charge is -2.52. The van der Waals surface area contributed by atoms with Gasteiger partial charge in [0.2, 0.25) is 0 Å². The second-order valence-corrected chi connectivity index (χ2v) is 5.71. The van der Waals surface area contributed by atoms with Gasteiger partial charge >= 0.3 is 0 Å². The Bertz CT molecular complexity index is 228. The highest BCUT2D eigenvalue weighted by Crippen LogP contribution is 2.39. The molecule has 1 fully saturated rings. The predicted molar refractivity (Wildman–Crippen MR) is 57.6 cm³/mol. The first kappa shape index (κ1) is 11.7. The number of ketones is 1. The molecule has 3 heteroatoms. The molecule has 1 saturated heterocycles. The zero-order chi connectivity index (χ0) is 11.1. The van der Waals surface area contributed by atoms with E-state index < -0.39 is 0 Å². The number of piperidine rings is 1. The average molecular weight is 198 g/mol. The Morgan fingerprint density at radius 3 is 1.86 bits per heavy atom. The second kappa shape index (κ2) is 3.31. The van der Waals surface area contributed by atoms with E-state index in [9.17, 15) is 4.79 Å². The van der Waals surface area contributed by atoms with Crippen molar-refractivity contribution in [2.75, 3.05) is 0 Å². The number of hydrazine groups is 1. The standard InChI is InChI=1S/C11H22N2O/c1-8(14)9-6-10(2,3)13(12)11(4,5)7-9/h9H,6-7,12H2,1-5H3. The third-order valence-corrected chi connectivity index (χ3v) is 3.37. The molecule has 0 aromatic carbocycles. The van der Waals surface area contributed by atoms with Crippen LogP contribution in [0.2, 0.25) is 0 Å². The number of rotatable bonds is 1. The lowest BCUT2D eigenvalue weighted by molar-refractivity contribution is -0.129. The molecule has 2 N–H and O–H groups in total. The van der Waals surface area contributed by atoms with Crippen molar-refractivity contribution in [3.8, 4) is 0 Å². The van der Waals surface area contributed by atoms with Gasteiger partial charge in [-0.3, -0.25) is 10.6 Å². The van der Waals surface area contributed by atoms with Crippen LogP contribution in [-0.4, -0.2) is 21.9 Å². The van der Waals surface area contributed by atoms with E-state index in [-0.39, 0.29) is 17.0 Å². The maximum atomic E-state index is 11.4. The summed E-state index contributed by atoms with van der Waals surface area (Å²) in [6.07, 6.45) is 1.73. The average Bonchev–Trinajstić information content (AvgIpc) is 1.98. The van der Waals surface area contributed by atoms with Crippen LogP contribution < -0.4 is 5.84 Å². The van der Waals surface area contributed by atoms with E-state index in [1.807, 2.05) is 5.01 Å². The third-order valence-electron chi connectivity index (χ3n) is 3.37. The van der Waals surface area contributed by atoms with Gasteiger partial charge in [-0.1, -0.05) is 0 Å². The molecule has 1 aliphatic heterocycles. The summed E-state index contributed by atoms with van der Waals surface area (Å²) in [7, 11) is 0. The fourth-order valence-electron chi connectivity index (χ4n) is 2.58. The molecule has 0 spiro atoms. The molecule has 0 aromatic heterocycles. The Morgan fingerprint density at radius 1 is 1.21 bits per heavy atom. The minimum Gasteiger partial charge on any atom is -0.300 e. The number of carbonyl (C=O) groups excluding carboxylic acids is 1. The Morgan fingerprint density at radius 2 is 1.57 bits per heavy atom. The predicted octanol–water partition coefficient (Wildman–Crippen LogP) is 1.72. The van der Waals surface area contributed by atoms with E-state index in [4.69, 9.17) is 5.84 Å². The summed E-state index contributed by atoms with van der Waals surface area (Å²) in [4.78, 5) is 11.4. The van der Waals surface area contributed by atoms with Gasteiger partial charge in [0.05, 0.1) is 0 Å². The van der Waals surface area contributed by atoms with E-state index >= 15 is 0 Å². The van der Waals surface area contributed by atoms with E-state index in [1.54, 1.807) is 6.92 Å². The van der Waals surface area contributed by atoms with Gasteiger partial charge in [-0.2, -0.15) is 0 Å². The Labute approximate surface area is 86.6 Å². The molecule has 3 nitrogen and oxygen atoms in total. The van der Waals surface area contributed by atoms with Crippen molar-refractivity contribution in [3.05, 3.63) is 0 Å². The fourth-order valence-corrected chi connectivity index (χ4v) is 2.58. The molecule has 14 heavy (non-hydrogen) atoms. The van der Waals surface area contributed by atoms with Gasteiger partial charge in [0.15, 0.2) is 0 Å². The van der Waals surface area contributed by atoms with Crippen molar-refractivity contribution in [1.82, 2.24) is 5.01 Å². The van der Waals surface area contributed by atoms with Crippen molar-refractivity contribution < 1.29 is 4.79 Å². The van der Waals surface area contributed by atoms with Gasteiger partial charge in [-0.15, -0.1) is 0 Å². The Kier molecular flexibility index (Phi) is 2.76. The summed E-state index contributed by atoms with van der Waals surface area (Å²) in [5.41, 5.74) is -0.170. The maximum Gasteiger partial charge on any atom is 0.133 e. The molecule has 1 heterocycles. The highest BCUT2D eigenvalue weighted by Gasteiger charge is 2.44. The Balaban J connectivity index is 2.91. The minimum absolute atomic E-state index is 0.0852. The van der Waals surface area contributed by atoms with Crippen LogP contribution in [0, 0.1) is 5.92 Å². The first-order valence-electron chi connectivity index (χ1n) is 5.22. The first-order chi connectivity index (χ1) is 6.17. The summed E-state index contributed by atoms with van der Waals surface area (Å²) >= 11 is 0. The van der Waals surface area contributed by atoms with Gasteiger partial charge in [-0.05, 0) is 47.5 Å². The van der Waals surface area contributed by atoms with Crippen LogP contribution in [0.15, 0.2) is 0 Å². The van der Waals surface area contributed by atoms with Crippen LogP contribution in [0.3, 0.4) is 0 Å². The molecule has 0 atom stereocenters. The number of nitrogens with zero attached hydrogens (tertiary/aromatic N) is 1. The highest BCUT2D eigenvalue weighted by molar-refractivity contribution is 5.78. The monoisotopic (exact) mass is 198 g/mol. The SMILES string of the molecule is CC(=O)C1CC(C)(C)N(N)C(C)(C)C1. The maximum absolute atomic E-state index is 11.4. The first-order valence-corrected chi connectivity index (χ1v) is 5.22. The van der Waals surface area contributed by atoms with Crippen molar-refractivity contribution in [2.24, 2.45) is 11.8 Å². The molecule has 82 valence electrons. The molecular weight excluding hydrogens is 176 g/mol. The van der Waals surface area contributed by atoms with Gasteiger partial charge in [0.1, 0.15) is 5.78 Å². The zero-order valence-corrected chi connectivity index (χ0v) is 9.92. The Hall–Kier alpha value is -0.410.